The second kappa shape index (κ2) is 3.27. The molecule has 13 heavy (non-hydrogen) atoms. The Morgan fingerprint density at radius 1 is 1.08 bits per heavy atom. The minimum absolute atomic E-state index is 0.529. The molecule has 0 aliphatic carbocycles. The lowest BCUT2D eigenvalue weighted by Gasteiger charge is -2.33. The van der Waals surface area contributed by atoms with Crippen LogP contribution in [0, 0.1) is 11.3 Å². The van der Waals surface area contributed by atoms with Crippen molar-refractivity contribution >= 4 is 0 Å². The lowest BCUT2D eigenvalue weighted by molar-refractivity contribution is 0.215. The van der Waals surface area contributed by atoms with Crippen LogP contribution in [0.2, 0.25) is 0 Å². The van der Waals surface area contributed by atoms with Crippen molar-refractivity contribution in [2.45, 2.75) is 65.0 Å². The first-order chi connectivity index (χ1) is 6.03. The summed E-state index contributed by atoms with van der Waals surface area (Å²) in [6.45, 7) is 7.12. The van der Waals surface area contributed by atoms with E-state index in [1.165, 1.54) is 32.1 Å². The molecule has 0 aromatic rings. The summed E-state index contributed by atoms with van der Waals surface area (Å²) in [7, 11) is 0. The van der Waals surface area contributed by atoms with Crippen LogP contribution < -0.4 is 5.32 Å². The highest BCUT2D eigenvalue weighted by Crippen LogP contribution is 2.37. The molecule has 1 N–H and O–H groups in total. The predicted molar refractivity (Wildman–Crippen MR) is 56.7 cm³/mol. The molecule has 0 saturated carbocycles. The van der Waals surface area contributed by atoms with Gasteiger partial charge in [0, 0.05) is 12.1 Å². The van der Waals surface area contributed by atoms with Crippen LogP contribution in [0.4, 0.5) is 0 Å². The van der Waals surface area contributed by atoms with Gasteiger partial charge >= 0.3 is 0 Å². The number of rotatable bonds is 1. The highest BCUT2D eigenvalue weighted by Gasteiger charge is 2.34. The Hall–Kier alpha value is -0.0400. The van der Waals surface area contributed by atoms with Gasteiger partial charge in [0.05, 0.1) is 0 Å². The van der Waals surface area contributed by atoms with Crippen LogP contribution in [0.5, 0.6) is 0 Å². The quantitative estimate of drug-likeness (QED) is 0.656. The first kappa shape index (κ1) is 9.51. The van der Waals surface area contributed by atoms with Gasteiger partial charge in [-0.1, -0.05) is 20.8 Å². The van der Waals surface area contributed by atoms with Crippen molar-refractivity contribution < 1.29 is 0 Å². The van der Waals surface area contributed by atoms with E-state index in [1.807, 2.05) is 0 Å². The summed E-state index contributed by atoms with van der Waals surface area (Å²) < 4.78 is 0. The van der Waals surface area contributed by atoms with E-state index < -0.39 is 0 Å². The monoisotopic (exact) mass is 181 g/mol. The summed E-state index contributed by atoms with van der Waals surface area (Å²) in [6, 6.07) is 1.73. The van der Waals surface area contributed by atoms with Gasteiger partial charge in [0.1, 0.15) is 0 Å². The zero-order valence-electron chi connectivity index (χ0n) is 9.27. The Labute approximate surface area is 82.3 Å². The first-order valence-electron chi connectivity index (χ1n) is 5.79. The molecule has 2 aliphatic heterocycles. The van der Waals surface area contributed by atoms with E-state index >= 15 is 0 Å². The maximum Gasteiger partial charge on any atom is 0.00728 e. The summed E-state index contributed by atoms with van der Waals surface area (Å²) in [4.78, 5) is 0. The molecule has 0 spiro atoms. The van der Waals surface area contributed by atoms with Crippen molar-refractivity contribution in [2.75, 3.05) is 0 Å². The minimum Gasteiger partial charge on any atom is -0.311 e. The molecule has 2 aliphatic rings. The van der Waals surface area contributed by atoms with E-state index in [0.29, 0.717) is 5.41 Å². The second-order valence-electron chi connectivity index (χ2n) is 6.24. The van der Waals surface area contributed by atoms with Gasteiger partial charge in [-0.15, -0.1) is 0 Å². The normalized spacial score (nSPS) is 39.5. The maximum atomic E-state index is 3.71. The van der Waals surface area contributed by atoms with E-state index in [1.54, 1.807) is 0 Å². The number of hydrogen-bond acceptors (Lipinski definition) is 1. The van der Waals surface area contributed by atoms with E-state index in [2.05, 4.69) is 26.1 Å². The van der Waals surface area contributed by atoms with Gasteiger partial charge in [0.2, 0.25) is 0 Å². The third-order valence-electron chi connectivity index (χ3n) is 3.47. The van der Waals surface area contributed by atoms with Gasteiger partial charge in [-0.2, -0.15) is 0 Å². The van der Waals surface area contributed by atoms with E-state index in [9.17, 15) is 0 Å². The van der Waals surface area contributed by atoms with Crippen molar-refractivity contribution in [1.82, 2.24) is 5.32 Å². The highest BCUT2D eigenvalue weighted by atomic mass is 15.0. The predicted octanol–water partition coefficient (Wildman–Crippen LogP) is 2.95. The summed E-state index contributed by atoms with van der Waals surface area (Å²) in [5.41, 5.74) is 0.529. The molecule has 2 bridgehead atoms. The van der Waals surface area contributed by atoms with Gasteiger partial charge in [-0.25, -0.2) is 0 Å². The maximum absolute atomic E-state index is 3.71. The molecular weight excluding hydrogens is 158 g/mol. The molecule has 1 nitrogen and oxygen atoms in total. The molecule has 2 rings (SSSR count). The molecule has 2 atom stereocenters. The Morgan fingerprint density at radius 2 is 1.62 bits per heavy atom. The summed E-state index contributed by atoms with van der Waals surface area (Å²) in [5, 5.41) is 3.71. The molecule has 0 amide bonds. The van der Waals surface area contributed by atoms with Crippen LogP contribution in [0.1, 0.15) is 52.9 Å². The molecule has 0 radical (unpaired) electrons. The topological polar surface area (TPSA) is 12.0 Å². The van der Waals surface area contributed by atoms with Gasteiger partial charge < -0.3 is 5.32 Å². The zero-order chi connectivity index (χ0) is 9.47. The third kappa shape index (κ3) is 2.46. The van der Waals surface area contributed by atoms with Gasteiger partial charge in [0.25, 0.3) is 0 Å². The van der Waals surface area contributed by atoms with E-state index in [-0.39, 0.29) is 0 Å². The highest BCUT2D eigenvalue weighted by molar-refractivity contribution is 4.92. The van der Waals surface area contributed by atoms with Crippen LogP contribution in [-0.4, -0.2) is 12.1 Å². The van der Waals surface area contributed by atoms with Gasteiger partial charge in [0.15, 0.2) is 0 Å². The average Bonchev–Trinajstić information content (AvgIpc) is 2.27. The average molecular weight is 181 g/mol. The Balaban J connectivity index is 1.88. The third-order valence-corrected chi connectivity index (χ3v) is 3.47. The lowest BCUT2D eigenvalue weighted by atomic mass is 9.79. The van der Waals surface area contributed by atoms with E-state index in [0.717, 1.165) is 18.0 Å². The second-order valence-corrected chi connectivity index (χ2v) is 6.24. The summed E-state index contributed by atoms with van der Waals surface area (Å²) in [6.07, 6.45) is 7.17. The van der Waals surface area contributed by atoms with Crippen LogP contribution >= 0.6 is 0 Å². The SMILES string of the molecule is CC(C)(C)CC1CC2CCC(C1)N2. The Morgan fingerprint density at radius 3 is 2.08 bits per heavy atom. The molecule has 1 heteroatoms. The van der Waals surface area contributed by atoms with Crippen LogP contribution in [0.3, 0.4) is 0 Å². The summed E-state index contributed by atoms with van der Waals surface area (Å²) >= 11 is 0. The largest absolute Gasteiger partial charge is 0.311 e. The molecular formula is C12H23N. The number of fused-ring (bicyclic) bond motifs is 2. The van der Waals surface area contributed by atoms with Gasteiger partial charge in [-0.05, 0) is 43.4 Å². The fourth-order valence-electron chi connectivity index (χ4n) is 3.21. The smallest absolute Gasteiger partial charge is 0.00728 e. The van der Waals surface area contributed by atoms with Crippen molar-refractivity contribution in [2.24, 2.45) is 11.3 Å². The van der Waals surface area contributed by atoms with Crippen molar-refractivity contribution in [3.05, 3.63) is 0 Å². The Bertz CT molecular complexity index is 168. The van der Waals surface area contributed by atoms with Crippen molar-refractivity contribution in [3.8, 4) is 0 Å². The molecule has 0 aromatic heterocycles. The summed E-state index contributed by atoms with van der Waals surface area (Å²) in [5.74, 6) is 0.999. The minimum atomic E-state index is 0.529. The molecule has 2 fully saturated rings. The molecule has 2 heterocycles. The number of nitrogens with one attached hydrogen (secondary N) is 1. The molecule has 76 valence electrons. The van der Waals surface area contributed by atoms with Crippen molar-refractivity contribution in [3.63, 3.8) is 0 Å². The lowest BCUT2D eigenvalue weighted by Crippen LogP contribution is -2.39. The zero-order valence-corrected chi connectivity index (χ0v) is 9.27. The fraction of sp³-hybridized carbons (Fsp3) is 1.00. The van der Waals surface area contributed by atoms with Crippen molar-refractivity contribution in [1.29, 1.82) is 0 Å². The van der Waals surface area contributed by atoms with Crippen LogP contribution in [-0.2, 0) is 0 Å². The first-order valence-corrected chi connectivity index (χ1v) is 5.79. The van der Waals surface area contributed by atoms with E-state index in [4.69, 9.17) is 0 Å². The Kier molecular flexibility index (Phi) is 2.39. The molecule has 2 unspecified atom stereocenters. The molecule has 2 saturated heterocycles. The molecule has 0 aromatic carbocycles. The van der Waals surface area contributed by atoms with Crippen LogP contribution in [0.15, 0.2) is 0 Å². The standard InChI is InChI=1S/C12H23N/c1-12(2,3)8-9-6-10-4-5-11(7-9)13-10/h9-11,13H,4-8H2,1-3H3. The number of hydrogen-bond donors (Lipinski definition) is 1. The van der Waals surface area contributed by atoms with Crippen LogP contribution in [0.25, 0.3) is 0 Å². The fourth-order valence-corrected chi connectivity index (χ4v) is 3.21. The van der Waals surface area contributed by atoms with Gasteiger partial charge in [-0.3, -0.25) is 0 Å². The number of piperidine rings is 1.